The van der Waals surface area contributed by atoms with Crippen molar-refractivity contribution in [2.24, 2.45) is 11.7 Å². The monoisotopic (exact) mass is 602 g/mol. The summed E-state index contributed by atoms with van der Waals surface area (Å²) in [5, 5.41) is 8.52. The molecule has 2 aliphatic carbocycles. The lowest BCUT2D eigenvalue weighted by molar-refractivity contribution is -0.139. The van der Waals surface area contributed by atoms with Crippen molar-refractivity contribution in [3.05, 3.63) is 102 Å². The van der Waals surface area contributed by atoms with E-state index in [0.29, 0.717) is 17.9 Å². The van der Waals surface area contributed by atoms with Gasteiger partial charge in [-0.1, -0.05) is 98.1 Å². The van der Waals surface area contributed by atoms with Gasteiger partial charge in [-0.3, -0.25) is 9.59 Å². The van der Waals surface area contributed by atoms with Gasteiger partial charge in [0.05, 0.1) is 13.5 Å². The maximum atomic E-state index is 12.8. The number of aliphatic hydroxyl groups excluding tert-OH is 1. The van der Waals surface area contributed by atoms with Gasteiger partial charge in [0.2, 0.25) is 5.91 Å². The number of rotatable bonds is 9. The van der Waals surface area contributed by atoms with E-state index in [1.54, 1.807) is 23.1 Å². The van der Waals surface area contributed by atoms with Gasteiger partial charge >= 0.3 is 12.1 Å². The highest BCUT2D eigenvalue weighted by atomic mass is 16.6. The molecule has 0 unspecified atom stereocenters. The van der Waals surface area contributed by atoms with Crippen molar-refractivity contribution in [1.29, 1.82) is 0 Å². The zero-order valence-electron chi connectivity index (χ0n) is 25.7. The van der Waals surface area contributed by atoms with Crippen LogP contribution in [0.1, 0.15) is 68.1 Å². The van der Waals surface area contributed by atoms with Crippen LogP contribution in [0.2, 0.25) is 0 Å². The lowest BCUT2D eigenvalue weighted by atomic mass is 9.89. The summed E-state index contributed by atoms with van der Waals surface area (Å²) in [5.74, 6) is 0.127. The number of hydrogen-bond donors (Lipinski definition) is 2. The zero-order valence-corrected chi connectivity index (χ0v) is 25.7. The molecule has 2 amide bonds. The van der Waals surface area contributed by atoms with E-state index in [0.717, 1.165) is 44.1 Å². The van der Waals surface area contributed by atoms with Crippen LogP contribution in [0.15, 0.2) is 84.9 Å². The van der Waals surface area contributed by atoms with Gasteiger partial charge in [0.1, 0.15) is 5.75 Å². The first kappa shape index (κ1) is 34.3. The van der Waals surface area contributed by atoms with Crippen LogP contribution in [-0.2, 0) is 33.7 Å². The molecule has 0 radical (unpaired) electrons. The molecule has 0 saturated heterocycles. The minimum absolute atomic E-state index is 0.0715. The number of ether oxygens (including phenoxy) is 2. The lowest BCUT2D eigenvalue weighted by Crippen LogP contribution is -2.45. The smallest absolute Gasteiger partial charge is 0.415 e. The number of carbonyl (C=O) groups is 3. The van der Waals surface area contributed by atoms with Crippen LogP contribution in [0.25, 0.3) is 0 Å². The highest BCUT2D eigenvalue weighted by molar-refractivity contribution is 5.76. The van der Waals surface area contributed by atoms with Crippen molar-refractivity contribution in [2.75, 3.05) is 13.7 Å². The molecule has 3 N–H and O–H groups in total. The van der Waals surface area contributed by atoms with Crippen molar-refractivity contribution in [3.8, 4) is 5.75 Å². The molecule has 0 heterocycles. The number of amides is 2. The zero-order chi connectivity index (χ0) is 31.6. The van der Waals surface area contributed by atoms with Crippen molar-refractivity contribution < 1.29 is 29.0 Å². The number of para-hydroxylation sites is 1. The van der Waals surface area contributed by atoms with Crippen molar-refractivity contribution in [3.63, 3.8) is 0 Å². The Balaban J connectivity index is 0.000000238. The summed E-state index contributed by atoms with van der Waals surface area (Å²) in [6.45, 7) is 0.757. The number of aliphatic hydroxyl groups is 1. The fourth-order valence-corrected chi connectivity index (χ4v) is 5.11. The minimum Gasteiger partial charge on any atom is -0.469 e. The number of primary amides is 1. The van der Waals surface area contributed by atoms with E-state index in [2.05, 4.69) is 0 Å². The molecule has 2 saturated carbocycles. The van der Waals surface area contributed by atoms with Gasteiger partial charge in [0, 0.05) is 30.7 Å². The third kappa shape index (κ3) is 11.8. The molecule has 0 aliphatic heterocycles. The second kappa shape index (κ2) is 19.2. The minimum atomic E-state index is -0.379. The number of nitrogens with zero attached hydrogens (tertiary/aromatic N) is 1. The van der Waals surface area contributed by atoms with E-state index in [1.165, 1.54) is 31.9 Å². The highest BCUT2D eigenvalue weighted by Gasteiger charge is 2.30. The van der Waals surface area contributed by atoms with Crippen LogP contribution in [-0.4, -0.2) is 47.7 Å². The number of benzene rings is 3. The average Bonchev–Trinajstić information content (AvgIpc) is 3.03. The summed E-state index contributed by atoms with van der Waals surface area (Å²) < 4.78 is 10.4. The van der Waals surface area contributed by atoms with Gasteiger partial charge in [-0.05, 0) is 55.7 Å². The second-order valence-electron chi connectivity index (χ2n) is 11.1. The summed E-state index contributed by atoms with van der Waals surface area (Å²) in [7, 11) is 1.34. The molecule has 2 aliphatic rings. The predicted octanol–water partition coefficient (Wildman–Crippen LogP) is 6.23. The van der Waals surface area contributed by atoms with Gasteiger partial charge in [-0.2, -0.15) is 0 Å². The Morgan fingerprint density at radius 2 is 1.39 bits per heavy atom. The SMILES string of the molecule is COC(=O)Cc1ccccc1OC(=O)N(Cc1ccccc1)C1CCC1.NC(=O)C1CCCCC1.OCCc1ccccc1. The number of esters is 1. The molecule has 44 heavy (non-hydrogen) atoms. The fourth-order valence-electron chi connectivity index (χ4n) is 5.11. The Hall–Kier alpha value is -4.17. The summed E-state index contributed by atoms with van der Waals surface area (Å²) in [5.41, 5.74) is 8.03. The van der Waals surface area contributed by atoms with Crippen LogP contribution < -0.4 is 10.5 Å². The maximum absolute atomic E-state index is 12.8. The van der Waals surface area contributed by atoms with E-state index in [1.807, 2.05) is 66.7 Å². The second-order valence-corrected chi connectivity index (χ2v) is 11.1. The van der Waals surface area contributed by atoms with Gasteiger partial charge in [-0.25, -0.2) is 4.79 Å². The highest BCUT2D eigenvalue weighted by Crippen LogP contribution is 2.28. The molecule has 2 fully saturated rings. The molecular formula is C36H46N2O6. The first-order valence-electron chi connectivity index (χ1n) is 15.5. The van der Waals surface area contributed by atoms with E-state index in [4.69, 9.17) is 20.3 Å². The standard InChI is InChI=1S/C21H23NO4.C8H10O.C7H13NO/c1-25-20(23)14-17-10-5-6-13-19(17)26-21(24)22(18-11-7-12-18)15-16-8-3-2-4-9-16;9-7-6-8-4-2-1-3-5-8;8-7(9)6-4-2-1-3-5-6/h2-6,8-10,13,18H,7,11-12,14-15H2,1H3;1-5,9H,6-7H2;6H,1-5H2,(H2,8,9). The summed E-state index contributed by atoms with van der Waals surface area (Å²) in [6, 6.07) is 27.1. The number of nitrogens with two attached hydrogens (primary N) is 1. The molecule has 8 nitrogen and oxygen atoms in total. The molecule has 0 atom stereocenters. The molecular weight excluding hydrogens is 556 g/mol. The van der Waals surface area contributed by atoms with E-state index >= 15 is 0 Å². The Morgan fingerprint density at radius 3 is 1.91 bits per heavy atom. The number of methoxy groups -OCH3 is 1. The molecule has 8 heteroatoms. The lowest BCUT2D eigenvalue weighted by Gasteiger charge is -2.36. The Bertz CT molecular complexity index is 1270. The number of hydrogen-bond acceptors (Lipinski definition) is 6. The van der Waals surface area contributed by atoms with E-state index in [-0.39, 0.29) is 43.0 Å². The summed E-state index contributed by atoms with van der Waals surface area (Å²) in [4.78, 5) is 36.8. The molecule has 0 bridgehead atoms. The van der Waals surface area contributed by atoms with Crippen LogP contribution >= 0.6 is 0 Å². The van der Waals surface area contributed by atoms with Gasteiger partial charge < -0.3 is 25.2 Å². The van der Waals surface area contributed by atoms with Gasteiger partial charge in [0.25, 0.3) is 0 Å². The van der Waals surface area contributed by atoms with E-state index in [9.17, 15) is 14.4 Å². The van der Waals surface area contributed by atoms with Gasteiger partial charge in [0.15, 0.2) is 0 Å². The normalized spacial score (nSPS) is 14.4. The Morgan fingerprint density at radius 1 is 0.795 bits per heavy atom. The quantitative estimate of drug-likeness (QED) is 0.280. The summed E-state index contributed by atoms with van der Waals surface area (Å²) >= 11 is 0. The van der Waals surface area contributed by atoms with Crippen LogP contribution in [0.3, 0.4) is 0 Å². The molecule has 3 aromatic rings. The molecule has 0 spiro atoms. The predicted molar refractivity (Wildman–Crippen MR) is 171 cm³/mol. The Labute approximate surface area is 261 Å². The maximum Gasteiger partial charge on any atom is 0.415 e. The molecule has 3 aromatic carbocycles. The van der Waals surface area contributed by atoms with Crippen LogP contribution in [0.4, 0.5) is 4.79 Å². The average molecular weight is 603 g/mol. The van der Waals surface area contributed by atoms with E-state index < -0.39 is 0 Å². The molecule has 0 aromatic heterocycles. The van der Waals surface area contributed by atoms with Gasteiger partial charge in [-0.15, -0.1) is 0 Å². The molecule has 236 valence electrons. The first-order valence-corrected chi connectivity index (χ1v) is 15.5. The first-order chi connectivity index (χ1) is 21.4. The number of carbonyl (C=O) groups excluding carboxylic acids is 3. The van der Waals surface area contributed by atoms with Crippen molar-refractivity contribution >= 4 is 18.0 Å². The van der Waals surface area contributed by atoms with Crippen molar-refractivity contribution in [1.82, 2.24) is 4.90 Å². The topological polar surface area (TPSA) is 119 Å². The summed E-state index contributed by atoms with van der Waals surface area (Å²) in [6.07, 6.45) is 9.27. The van der Waals surface area contributed by atoms with Crippen LogP contribution in [0.5, 0.6) is 5.75 Å². The Kier molecular flexibility index (Phi) is 15.0. The largest absolute Gasteiger partial charge is 0.469 e. The molecule has 5 rings (SSSR count). The van der Waals surface area contributed by atoms with Crippen molar-refractivity contribution in [2.45, 2.75) is 76.8 Å². The third-order valence-corrected chi connectivity index (χ3v) is 7.93. The third-order valence-electron chi connectivity index (χ3n) is 7.93. The van der Waals surface area contributed by atoms with Crippen LogP contribution in [0, 0.1) is 5.92 Å². The fraction of sp³-hybridized carbons (Fsp3) is 0.417.